The predicted molar refractivity (Wildman–Crippen MR) is 108 cm³/mol. The Kier molecular flexibility index (Phi) is 8.35. The topological polar surface area (TPSA) is 75.3 Å². The summed E-state index contributed by atoms with van der Waals surface area (Å²) in [6.07, 6.45) is 1.06. The van der Waals surface area contributed by atoms with Crippen molar-refractivity contribution in [3.05, 3.63) is 35.9 Å². The fourth-order valence-corrected chi connectivity index (χ4v) is 3.58. The molecule has 7 heteroatoms. The van der Waals surface area contributed by atoms with E-state index in [0.29, 0.717) is 12.5 Å². The van der Waals surface area contributed by atoms with Crippen LogP contribution in [0.5, 0.6) is 0 Å². The Morgan fingerprint density at radius 2 is 1.70 bits per heavy atom. The zero-order chi connectivity index (χ0) is 18.7. The molecular weight excluding hydrogens is 342 g/mol. The first kappa shape index (κ1) is 20.1. The third-order valence-electron chi connectivity index (χ3n) is 5.17. The van der Waals surface area contributed by atoms with Crippen molar-refractivity contribution in [1.82, 2.24) is 15.1 Å². The summed E-state index contributed by atoms with van der Waals surface area (Å²) in [6, 6.07) is 10.8. The van der Waals surface area contributed by atoms with Crippen LogP contribution in [0.15, 0.2) is 35.3 Å². The van der Waals surface area contributed by atoms with Gasteiger partial charge in [0.05, 0.1) is 39.0 Å². The Bertz CT molecular complexity index is 557. The van der Waals surface area contributed by atoms with Gasteiger partial charge in [0, 0.05) is 32.7 Å². The van der Waals surface area contributed by atoms with E-state index < -0.39 is 0 Å². The first-order valence-electron chi connectivity index (χ1n) is 10.0. The van der Waals surface area contributed by atoms with Gasteiger partial charge >= 0.3 is 0 Å². The number of hydrogen-bond acceptors (Lipinski definition) is 5. The molecule has 2 fully saturated rings. The molecule has 0 aromatic heterocycles. The number of rotatable bonds is 8. The van der Waals surface area contributed by atoms with E-state index in [0.717, 1.165) is 72.1 Å². The number of nitrogens with two attached hydrogens (primary N) is 1. The smallest absolute Gasteiger partial charge is 0.188 e. The summed E-state index contributed by atoms with van der Waals surface area (Å²) in [5.41, 5.74) is 7.39. The minimum absolute atomic E-state index is 0.240. The van der Waals surface area contributed by atoms with E-state index in [1.54, 1.807) is 0 Å². The highest BCUT2D eigenvalue weighted by atomic mass is 16.5. The van der Waals surface area contributed by atoms with E-state index in [1.807, 2.05) is 6.07 Å². The summed E-state index contributed by atoms with van der Waals surface area (Å²) in [7, 11) is 0. The van der Waals surface area contributed by atoms with Gasteiger partial charge in [0.2, 0.25) is 0 Å². The lowest BCUT2D eigenvalue weighted by Gasteiger charge is -2.34. The summed E-state index contributed by atoms with van der Waals surface area (Å²) in [4.78, 5) is 9.50. The Morgan fingerprint density at radius 1 is 1.04 bits per heavy atom. The standard InChI is InChI=1S/C20H33N5O2/c21-20(22-7-4-8-24-9-13-26-14-10-24)23-17-19(18-5-2-1-3-6-18)25-11-15-27-16-12-25/h1-3,5-6,19H,4,7-17H2,(H3,21,22,23). The zero-order valence-electron chi connectivity index (χ0n) is 16.2. The molecule has 2 aliphatic heterocycles. The molecule has 1 unspecified atom stereocenters. The van der Waals surface area contributed by atoms with E-state index in [9.17, 15) is 0 Å². The monoisotopic (exact) mass is 375 g/mol. The third-order valence-corrected chi connectivity index (χ3v) is 5.17. The van der Waals surface area contributed by atoms with Gasteiger partial charge < -0.3 is 20.5 Å². The van der Waals surface area contributed by atoms with Crippen molar-refractivity contribution >= 4 is 5.96 Å². The van der Waals surface area contributed by atoms with Crippen LogP contribution >= 0.6 is 0 Å². The maximum atomic E-state index is 6.11. The molecule has 3 N–H and O–H groups in total. The molecule has 0 bridgehead atoms. The molecule has 0 spiro atoms. The molecule has 1 aromatic carbocycles. The van der Waals surface area contributed by atoms with Gasteiger partial charge in [-0.3, -0.25) is 14.8 Å². The van der Waals surface area contributed by atoms with Crippen LogP contribution in [0, 0.1) is 0 Å². The van der Waals surface area contributed by atoms with Gasteiger partial charge in [0.1, 0.15) is 0 Å². The highest BCUT2D eigenvalue weighted by Crippen LogP contribution is 2.22. The molecule has 2 saturated heterocycles. The van der Waals surface area contributed by atoms with E-state index >= 15 is 0 Å². The molecule has 3 rings (SSSR count). The maximum Gasteiger partial charge on any atom is 0.188 e. The second-order valence-corrected chi connectivity index (χ2v) is 7.04. The van der Waals surface area contributed by atoms with Gasteiger partial charge in [-0.25, -0.2) is 0 Å². The van der Waals surface area contributed by atoms with Crippen LogP contribution in [-0.4, -0.2) is 88.0 Å². The van der Waals surface area contributed by atoms with Crippen molar-refractivity contribution in [2.24, 2.45) is 10.7 Å². The van der Waals surface area contributed by atoms with Crippen LogP contribution in [0.4, 0.5) is 0 Å². The average Bonchev–Trinajstić information content (AvgIpc) is 2.74. The van der Waals surface area contributed by atoms with Crippen LogP contribution < -0.4 is 11.1 Å². The third kappa shape index (κ3) is 6.77. The lowest BCUT2D eigenvalue weighted by molar-refractivity contribution is 0.0180. The number of hydrogen-bond donors (Lipinski definition) is 2. The Hall–Kier alpha value is -1.67. The molecular formula is C20H33N5O2. The van der Waals surface area contributed by atoms with E-state index in [-0.39, 0.29) is 6.04 Å². The minimum Gasteiger partial charge on any atom is -0.379 e. The molecule has 1 atom stereocenters. The molecule has 0 aliphatic carbocycles. The van der Waals surface area contributed by atoms with Gasteiger partial charge in [0.25, 0.3) is 0 Å². The summed E-state index contributed by atoms with van der Waals surface area (Å²) >= 11 is 0. The maximum absolute atomic E-state index is 6.11. The second kappa shape index (κ2) is 11.2. The molecule has 27 heavy (non-hydrogen) atoms. The van der Waals surface area contributed by atoms with E-state index in [1.165, 1.54) is 5.56 Å². The molecule has 0 saturated carbocycles. The summed E-state index contributed by atoms with van der Waals surface area (Å²) in [6.45, 7) is 9.76. The fraction of sp³-hybridized carbons (Fsp3) is 0.650. The normalized spacial score (nSPS) is 21.1. The second-order valence-electron chi connectivity index (χ2n) is 7.04. The van der Waals surface area contributed by atoms with E-state index in [4.69, 9.17) is 15.2 Å². The highest BCUT2D eigenvalue weighted by Gasteiger charge is 2.22. The van der Waals surface area contributed by atoms with Crippen LogP contribution in [-0.2, 0) is 9.47 Å². The first-order valence-corrected chi connectivity index (χ1v) is 10.0. The van der Waals surface area contributed by atoms with Crippen molar-refractivity contribution in [2.45, 2.75) is 12.5 Å². The van der Waals surface area contributed by atoms with Crippen LogP contribution in [0.3, 0.4) is 0 Å². The lowest BCUT2D eigenvalue weighted by atomic mass is 10.1. The zero-order valence-corrected chi connectivity index (χ0v) is 16.2. The number of nitrogens with zero attached hydrogens (tertiary/aromatic N) is 3. The summed E-state index contributed by atoms with van der Waals surface area (Å²) in [5.74, 6) is 0.533. The predicted octanol–water partition coefficient (Wildman–Crippen LogP) is 0.687. The lowest BCUT2D eigenvalue weighted by Crippen LogP contribution is -2.41. The fourth-order valence-electron chi connectivity index (χ4n) is 3.58. The number of benzene rings is 1. The van der Waals surface area contributed by atoms with Crippen molar-refractivity contribution in [3.63, 3.8) is 0 Å². The van der Waals surface area contributed by atoms with Gasteiger partial charge in [0.15, 0.2) is 5.96 Å². The van der Waals surface area contributed by atoms with Crippen LogP contribution in [0.2, 0.25) is 0 Å². The number of morpholine rings is 2. The largest absolute Gasteiger partial charge is 0.379 e. The van der Waals surface area contributed by atoms with Gasteiger partial charge in [-0.05, 0) is 18.5 Å². The van der Waals surface area contributed by atoms with Gasteiger partial charge in [-0.15, -0.1) is 0 Å². The Morgan fingerprint density at radius 3 is 2.41 bits per heavy atom. The highest BCUT2D eigenvalue weighted by molar-refractivity contribution is 5.77. The van der Waals surface area contributed by atoms with Gasteiger partial charge in [-0.1, -0.05) is 30.3 Å². The number of nitrogens with one attached hydrogen (secondary N) is 1. The SMILES string of the molecule is NC(=NCC(c1ccccc1)N1CCOCC1)NCCCN1CCOCC1. The van der Waals surface area contributed by atoms with Crippen molar-refractivity contribution in [1.29, 1.82) is 0 Å². The van der Waals surface area contributed by atoms with Crippen molar-refractivity contribution < 1.29 is 9.47 Å². The Balaban J connectivity index is 1.46. The summed E-state index contributed by atoms with van der Waals surface area (Å²) in [5, 5.41) is 3.26. The molecule has 2 aliphatic rings. The number of aliphatic imine (C=N–C) groups is 1. The molecule has 150 valence electrons. The van der Waals surface area contributed by atoms with Crippen molar-refractivity contribution in [3.8, 4) is 0 Å². The Labute approximate surface area is 162 Å². The van der Waals surface area contributed by atoms with Crippen LogP contribution in [0.1, 0.15) is 18.0 Å². The number of ether oxygens (including phenoxy) is 2. The minimum atomic E-state index is 0.240. The molecule has 2 heterocycles. The van der Waals surface area contributed by atoms with Crippen LogP contribution in [0.25, 0.3) is 0 Å². The van der Waals surface area contributed by atoms with Crippen molar-refractivity contribution in [2.75, 3.05) is 72.2 Å². The first-order chi connectivity index (χ1) is 13.3. The summed E-state index contributed by atoms with van der Waals surface area (Å²) < 4.78 is 10.9. The molecule has 0 amide bonds. The average molecular weight is 376 g/mol. The van der Waals surface area contributed by atoms with Gasteiger partial charge in [-0.2, -0.15) is 0 Å². The molecule has 7 nitrogen and oxygen atoms in total. The van der Waals surface area contributed by atoms with E-state index in [2.05, 4.69) is 44.4 Å². The molecule has 1 aromatic rings. The number of guanidine groups is 1. The quantitative estimate of drug-likeness (QED) is 0.396. The molecule has 0 radical (unpaired) electrons.